The van der Waals surface area contributed by atoms with Crippen LogP contribution in [-0.4, -0.2) is 37.3 Å². The highest BCUT2D eigenvalue weighted by Gasteiger charge is 2.68. The highest BCUT2D eigenvalue weighted by atomic mass is 16.5. The fourth-order valence-corrected chi connectivity index (χ4v) is 10.2. The van der Waals surface area contributed by atoms with Gasteiger partial charge in [-0.2, -0.15) is 0 Å². The molecule has 6 nitrogen and oxygen atoms in total. The molecule has 8 atom stereocenters. The number of benzene rings is 2. The maximum absolute atomic E-state index is 11.8. The van der Waals surface area contributed by atoms with Crippen molar-refractivity contribution >= 4 is 21.9 Å². The molecule has 39 heavy (non-hydrogen) atoms. The van der Waals surface area contributed by atoms with Crippen molar-refractivity contribution in [3.63, 3.8) is 0 Å². The van der Waals surface area contributed by atoms with Crippen molar-refractivity contribution in [1.29, 1.82) is 0 Å². The number of fused-ring (bicyclic) bond motifs is 10. The fraction of sp³-hybridized carbons (Fsp3) is 0.576. The van der Waals surface area contributed by atoms with Crippen LogP contribution in [0.25, 0.3) is 21.9 Å². The van der Waals surface area contributed by atoms with E-state index < -0.39 is 5.72 Å². The van der Waals surface area contributed by atoms with Gasteiger partial charge in [-0.1, -0.05) is 56.3 Å². The van der Waals surface area contributed by atoms with E-state index in [1.54, 1.807) is 10.2 Å². The second kappa shape index (κ2) is 7.73. The van der Waals surface area contributed by atoms with Crippen molar-refractivity contribution in [2.75, 3.05) is 0 Å². The molecule has 2 aromatic heterocycles. The molecule has 4 aliphatic rings. The van der Waals surface area contributed by atoms with Crippen LogP contribution in [0.15, 0.2) is 48.5 Å². The van der Waals surface area contributed by atoms with Crippen LogP contribution in [0.1, 0.15) is 77.5 Å². The Morgan fingerprint density at radius 2 is 1.79 bits per heavy atom. The molecule has 1 aliphatic heterocycles. The number of ether oxygens (including phenoxy) is 1. The molecule has 8 rings (SSSR count). The van der Waals surface area contributed by atoms with Gasteiger partial charge >= 0.3 is 0 Å². The van der Waals surface area contributed by atoms with E-state index in [4.69, 9.17) is 4.74 Å². The Hall–Kier alpha value is -2.70. The minimum absolute atomic E-state index is 0.0900. The molecule has 2 aromatic carbocycles. The summed E-state index contributed by atoms with van der Waals surface area (Å²) in [6, 6.07) is 16.7. The summed E-state index contributed by atoms with van der Waals surface area (Å²) in [5, 5.41) is 21.9. The summed E-state index contributed by atoms with van der Waals surface area (Å²) in [6.45, 7) is 9.54. The summed E-state index contributed by atoms with van der Waals surface area (Å²) in [5.74, 6) is 1.28. The van der Waals surface area contributed by atoms with Gasteiger partial charge in [0.05, 0.1) is 11.6 Å². The summed E-state index contributed by atoms with van der Waals surface area (Å²) in [5.41, 5.74) is 5.19. The lowest BCUT2D eigenvalue weighted by molar-refractivity contribution is -0.264. The first-order valence-electron chi connectivity index (χ1n) is 15.0. The predicted octanol–water partition coefficient (Wildman–Crippen LogP) is 6.47. The normalized spacial score (nSPS) is 39.1. The van der Waals surface area contributed by atoms with Crippen molar-refractivity contribution in [3.8, 4) is 0 Å². The molecule has 0 amide bonds. The number of rotatable bonds is 2. The number of para-hydroxylation sites is 2. The molecule has 3 aliphatic carbocycles. The molecule has 1 saturated heterocycles. The minimum Gasteiger partial charge on any atom is -0.369 e. The van der Waals surface area contributed by atoms with Gasteiger partial charge in [0.2, 0.25) is 0 Å². The van der Waals surface area contributed by atoms with E-state index >= 15 is 0 Å². The molecule has 3 fully saturated rings. The second-order valence-electron chi connectivity index (χ2n) is 14.0. The smallest absolute Gasteiger partial charge is 0.183 e. The van der Waals surface area contributed by atoms with Crippen molar-refractivity contribution in [2.24, 2.45) is 22.7 Å². The zero-order valence-corrected chi connectivity index (χ0v) is 23.6. The molecule has 204 valence electrons. The summed E-state index contributed by atoms with van der Waals surface area (Å²) in [4.78, 5) is 3.94. The first-order valence-corrected chi connectivity index (χ1v) is 15.0. The van der Waals surface area contributed by atoms with Gasteiger partial charge in [-0.05, 0) is 98.3 Å². The average molecular weight is 525 g/mol. The van der Waals surface area contributed by atoms with Crippen LogP contribution in [0.2, 0.25) is 0 Å². The lowest BCUT2D eigenvalue weighted by atomic mass is 9.40. The van der Waals surface area contributed by atoms with Crippen LogP contribution in [-0.2, 0) is 22.3 Å². The van der Waals surface area contributed by atoms with Gasteiger partial charge in [-0.15, -0.1) is 5.10 Å². The lowest BCUT2D eigenvalue weighted by Gasteiger charge is -2.67. The number of hydrogen-bond donors (Lipinski definition) is 2. The quantitative estimate of drug-likeness (QED) is 0.315. The van der Waals surface area contributed by atoms with Crippen molar-refractivity contribution in [3.05, 3.63) is 59.8 Å². The Bertz CT molecular complexity index is 1600. The Kier molecular flexibility index (Phi) is 4.78. The predicted molar refractivity (Wildman–Crippen MR) is 152 cm³/mol. The Balaban J connectivity index is 1.13. The van der Waals surface area contributed by atoms with E-state index in [0.717, 1.165) is 36.7 Å². The number of hydrogen-bond acceptors (Lipinski definition) is 4. The monoisotopic (exact) mass is 524 g/mol. The minimum atomic E-state index is -1.26. The van der Waals surface area contributed by atoms with Crippen LogP contribution >= 0.6 is 0 Å². The largest absolute Gasteiger partial charge is 0.369 e. The first-order chi connectivity index (χ1) is 18.7. The molecule has 0 spiro atoms. The maximum Gasteiger partial charge on any atom is 0.183 e. The molecule has 2 N–H and O–H groups in total. The molecule has 0 bridgehead atoms. The number of aliphatic hydroxyl groups is 1. The molecule has 2 saturated carbocycles. The number of H-pyrrole nitrogens is 1. The van der Waals surface area contributed by atoms with Crippen LogP contribution < -0.4 is 0 Å². The van der Waals surface area contributed by atoms with E-state index in [9.17, 15) is 5.11 Å². The number of aromatic amines is 1. The number of nitrogens with zero attached hydrogens (tertiary/aromatic N) is 3. The summed E-state index contributed by atoms with van der Waals surface area (Å²) >= 11 is 0. The van der Waals surface area contributed by atoms with E-state index in [-0.39, 0.29) is 28.5 Å². The molecule has 6 heteroatoms. The molecular weight excluding hydrogens is 484 g/mol. The molecule has 2 unspecified atom stereocenters. The van der Waals surface area contributed by atoms with Gasteiger partial charge in [-0.3, -0.25) is 0 Å². The van der Waals surface area contributed by atoms with Crippen molar-refractivity contribution in [1.82, 2.24) is 20.0 Å². The lowest BCUT2D eigenvalue weighted by Crippen LogP contribution is -2.65. The van der Waals surface area contributed by atoms with E-state index in [2.05, 4.69) is 60.3 Å². The van der Waals surface area contributed by atoms with Crippen molar-refractivity contribution in [2.45, 2.75) is 96.0 Å². The highest BCUT2D eigenvalue weighted by Crippen LogP contribution is 2.71. The van der Waals surface area contributed by atoms with Crippen molar-refractivity contribution < 1.29 is 9.84 Å². The third-order valence-electron chi connectivity index (χ3n) is 12.5. The summed E-state index contributed by atoms with van der Waals surface area (Å²) in [7, 11) is 0. The van der Waals surface area contributed by atoms with Gasteiger partial charge < -0.3 is 14.8 Å². The summed E-state index contributed by atoms with van der Waals surface area (Å²) in [6.07, 6.45) is 7.64. The fourth-order valence-electron chi connectivity index (χ4n) is 10.2. The van der Waals surface area contributed by atoms with E-state index in [1.807, 2.05) is 31.2 Å². The Labute approximate surface area is 230 Å². The van der Waals surface area contributed by atoms with Gasteiger partial charge in [-0.25, -0.2) is 4.68 Å². The number of nitrogens with one attached hydrogen (secondary N) is 1. The van der Waals surface area contributed by atoms with Crippen LogP contribution in [0.3, 0.4) is 0 Å². The molecule has 4 aromatic rings. The maximum atomic E-state index is 11.8. The topological polar surface area (TPSA) is 76.0 Å². The first kappa shape index (κ1) is 24.1. The van der Waals surface area contributed by atoms with E-state index in [0.29, 0.717) is 11.8 Å². The van der Waals surface area contributed by atoms with Gasteiger partial charge in [0.25, 0.3) is 0 Å². The molecule has 3 heterocycles. The Morgan fingerprint density at radius 3 is 2.67 bits per heavy atom. The van der Waals surface area contributed by atoms with Gasteiger partial charge in [0.1, 0.15) is 11.6 Å². The van der Waals surface area contributed by atoms with Gasteiger partial charge in [0.15, 0.2) is 5.72 Å². The van der Waals surface area contributed by atoms with E-state index in [1.165, 1.54) is 35.9 Å². The van der Waals surface area contributed by atoms with Crippen LogP contribution in [0.4, 0.5) is 0 Å². The Morgan fingerprint density at radius 1 is 1.00 bits per heavy atom. The number of aromatic nitrogens is 4. The summed E-state index contributed by atoms with van der Waals surface area (Å²) < 4.78 is 8.61. The SMILES string of the molecule is CC(O)([C@@H]1CC[C@]2(C)C(CC[C@@]3(C)[C@H]2CC[C@H]2Cc4c([nH]c5ccccc45)[C@@]23C)O1)n1nnc2ccccc21. The molecule has 0 radical (unpaired) electrons. The molecular formula is C33H40N4O2. The highest BCUT2D eigenvalue weighted by molar-refractivity contribution is 5.86. The zero-order chi connectivity index (χ0) is 26.8. The second-order valence-corrected chi connectivity index (χ2v) is 14.0. The average Bonchev–Trinajstić information content (AvgIpc) is 3.60. The van der Waals surface area contributed by atoms with Crippen LogP contribution in [0.5, 0.6) is 0 Å². The van der Waals surface area contributed by atoms with Crippen LogP contribution in [0, 0.1) is 22.7 Å². The third-order valence-corrected chi connectivity index (χ3v) is 12.5. The van der Waals surface area contributed by atoms with Gasteiger partial charge in [0, 0.05) is 22.0 Å². The zero-order valence-electron chi connectivity index (χ0n) is 23.6. The standard InChI is InChI=1S/C33H40N4O2/c1-30-17-15-28(33(4,38)37-25-12-8-7-11-24(25)35-36-37)39-27(30)16-18-31(2)26(30)14-13-20-19-22-21-9-5-6-10-23(21)34-29(22)32(20,31)3/h5-12,20,26-28,34,38H,13-19H2,1-4H3/t20-,26-,27?,28-,30-,31-,32+,33?/m0/s1. The third kappa shape index (κ3) is 2.89.